The van der Waals surface area contributed by atoms with Crippen LogP contribution in [0.4, 0.5) is 15.8 Å². The van der Waals surface area contributed by atoms with Crippen molar-refractivity contribution in [3.8, 4) is 0 Å². The number of carbonyl (C=O) groups excluding carboxylic acids is 3. The maximum Gasteiger partial charge on any atom is 0.238 e. The minimum atomic E-state index is -0.244. The van der Waals surface area contributed by atoms with Crippen LogP contribution in [0.15, 0.2) is 66.7 Å². The van der Waals surface area contributed by atoms with E-state index < -0.39 is 0 Å². The third-order valence-corrected chi connectivity index (χ3v) is 6.14. The Morgan fingerprint density at radius 1 is 0.788 bits per heavy atom. The van der Waals surface area contributed by atoms with Crippen LogP contribution < -0.4 is 10.2 Å². The first-order valence-electron chi connectivity index (χ1n) is 10.9. The first-order valence-corrected chi connectivity index (χ1v) is 10.9. The lowest BCUT2D eigenvalue weighted by Crippen LogP contribution is -2.48. The molecule has 0 radical (unpaired) electrons. The lowest BCUT2D eigenvalue weighted by molar-refractivity contribution is -0.117. The van der Waals surface area contributed by atoms with Crippen molar-refractivity contribution in [1.29, 1.82) is 0 Å². The molecule has 0 saturated carbocycles. The van der Waals surface area contributed by atoms with E-state index in [4.69, 9.17) is 0 Å². The highest BCUT2D eigenvalue weighted by molar-refractivity contribution is 6.28. The summed E-state index contributed by atoms with van der Waals surface area (Å²) in [4.78, 5) is 42.2. The topological polar surface area (TPSA) is 69.7 Å². The van der Waals surface area contributed by atoms with Gasteiger partial charge in [-0.2, -0.15) is 0 Å². The van der Waals surface area contributed by atoms with Gasteiger partial charge < -0.3 is 10.2 Å². The van der Waals surface area contributed by atoms with E-state index >= 15 is 0 Å². The number of ketones is 2. The molecule has 1 N–H and O–H groups in total. The molecule has 0 spiro atoms. The number of anilines is 2. The number of para-hydroxylation sites is 1. The van der Waals surface area contributed by atoms with E-state index in [1.807, 2.05) is 15.9 Å². The molecule has 1 aliphatic heterocycles. The number of halogens is 1. The molecule has 166 valence electrons. The highest BCUT2D eigenvalue weighted by Gasteiger charge is 2.29. The number of piperazine rings is 1. The van der Waals surface area contributed by atoms with Crippen molar-refractivity contribution in [2.24, 2.45) is 0 Å². The van der Waals surface area contributed by atoms with Crippen molar-refractivity contribution in [2.75, 3.05) is 42.9 Å². The minimum absolute atomic E-state index is 0.189. The average molecular weight is 443 g/mol. The van der Waals surface area contributed by atoms with Gasteiger partial charge in [0.1, 0.15) is 5.82 Å². The monoisotopic (exact) mass is 443 g/mol. The summed E-state index contributed by atoms with van der Waals surface area (Å²) in [7, 11) is 0. The molecule has 6 nitrogen and oxygen atoms in total. The molecule has 5 rings (SSSR count). The van der Waals surface area contributed by atoms with Crippen molar-refractivity contribution < 1.29 is 18.8 Å². The van der Waals surface area contributed by atoms with Gasteiger partial charge in [-0.05, 0) is 30.3 Å². The SMILES string of the molecule is O=C(CN1CCN(c2ccccc2F)CC1)Nc1ccc2c(c1)C(=O)c1ccccc1C2=O. The molecule has 0 aromatic heterocycles. The summed E-state index contributed by atoms with van der Waals surface area (Å²) in [6, 6.07) is 18.3. The smallest absolute Gasteiger partial charge is 0.238 e. The first kappa shape index (κ1) is 21.0. The molecular weight excluding hydrogens is 421 g/mol. The summed E-state index contributed by atoms with van der Waals surface area (Å²) in [6.07, 6.45) is 0. The zero-order valence-electron chi connectivity index (χ0n) is 17.9. The number of carbonyl (C=O) groups is 3. The maximum atomic E-state index is 14.0. The molecule has 1 heterocycles. The van der Waals surface area contributed by atoms with Crippen LogP contribution >= 0.6 is 0 Å². The Bertz CT molecular complexity index is 1270. The van der Waals surface area contributed by atoms with E-state index in [1.165, 1.54) is 6.07 Å². The number of hydrogen-bond acceptors (Lipinski definition) is 5. The molecule has 1 fully saturated rings. The van der Waals surface area contributed by atoms with Crippen LogP contribution in [-0.2, 0) is 4.79 Å². The second-order valence-corrected chi connectivity index (χ2v) is 8.23. The standard InChI is InChI=1S/C26H22FN3O3/c27-22-7-3-4-8-23(22)30-13-11-29(12-14-30)16-24(31)28-17-9-10-20-21(15-17)26(33)19-6-2-1-5-18(19)25(20)32/h1-10,15H,11-14,16H2,(H,28,31). The summed E-state index contributed by atoms with van der Waals surface area (Å²) in [5.74, 6) is -0.859. The molecule has 2 aliphatic rings. The molecule has 3 aromatic carbocycles. The van der Waals surface area contributed by atoms with E-state index in [0.717, 1.165) is 0 Å². The summed E-state index contributed by atoms with van der Waals surface area (Å²) in [6.45, 7) is 2.72. The molecule has 0 bridgehead atoms. The second-order valence-electron chi connectivity index (χ2n) is 8.23. The van der Waals surface area contributed by atoms with E-state index in [0.29, 0.717) is 59.8 Å². The number of rotatable bonds is 4. The van der Waals surface area contributed by atoms with Crippen molar-refractivity contribution in [1.82, 2.24) is 4.90 Å². The quantitative estimate of drug-likeness (QED) is 0.524. The molecule has 3 aromatic rings. The van der Waals surface area contributed by atoms with Gasteiger partial charge in [0.05, 0.1) is 12.2 Å². The maximum absolute atomic E-state index is 14.0. The van der Waals surface area contributed by atoms with Gasteiger partial charge in [0, 0.05) is 54.1 Å². The Labute approximate surface area is 190 Å². The fraction of sp³-hybridized carbons (Fsp3) is 0.192. The molecule has 7 heteroatoms. The summed E-state index contributed by atoms with van der Waals surface area (Å²) in [5, 5.41) is 2.83. The van der Waals surface area contributed by atoms with E-state index in [1.54, 1.807) is 54.6 Å². The number of amides is 1. The van der Waals surface area contributed by atoms with Gasteiger partial charge in [-0.15, -0.1) is 0 Å². The molecule has 1 saturated heterocycles. The van der Waals surface area contributed by atoms with Crippen LogP contribution in [0.2, 0.25) is 0 Å². The van der Waals surface area contributed by atoms with Crippen molar-refractivity contribution in [3.63, 3.8) is 0 Å². The highest BCUT2D eigenvalue weighted by Crippen LogP contribution is 2.29. The third-order valence-electron chi connectivity index (χ3n) is 6.14. The third kappa shape index (κ3) is 4.03. The van der Waals surface area contributed by atoms with Crippen LogP contribution in [0.1, 0.15) is 31.8 Å². The predicted molar refractivity (Wildman–Crippen MR) is 123 cm³/mol. The highest BCUT2D eigenvalue weighted by atomic mass is 19.1. The van der Waals surface area contributed by atoms with Gasteiger partial charge in [-0.1, -0.05) is 36.4 Å². The lowest BCUT2D eigenvalue weighted by atomic mass is 9.84. The second kappa shape index (κ2) is 8.60. The number of nitrogens with zero attached hydrogens (tertiary/aromatic N) is 2. The molecular formula is C26H22FN3O3. The van der Waals surface area contributed by atoms with Crippen LogP contribution in [0.3, 0.4) is 0 Å². The average Bonchev–Trinajstić information content (AvgIpc) is 2.83. The molecule has 0 unspecified atom stereocenters. The molecule has 1 amide bonds. The lowest BCUT2D eigenvalue weighted by Gasteiger charge is -2.35. The predicted octanol–water partition coefficient (Wildman–Crippen LogP) is 3.36. The number of hydrogen-bond donors (Lipinski definition) is 1. The van der Waals surface area contributed by atoms with Crippen molar-refractivity contribution in [2.45, 2.75) is 0 Å². The Hall–Kier alpha value is -3.84. The molecule has 33 heavy (non-hydrogen) atoms. The number of nitrogens with one attached hydrogen (secondary N) is 1. The minimum Gasteiger partial charge on any atom is -0.367 e. The summed E-state index contributed by atoms with van der Waals surface area (Å²) < 4.78 is 14.0. The van der Waals surface area contributed by atoms with Crippen LogP contribution in [0, 0.1) is 5.82 Å². The zero-order valence-corrected chi connectivity index (χ0v) is 17.9. The van der Waals surface area contributed by atoms with Gasteiger partial charge in [-0.25, -0.2) is 4.39 Å². The Morgan fingerprint density at radius 2 is 1.39 bits per heavy atom. The van der Waals surface area contributed by atoms with E-state index in [9.17, 15) is 18.8 Å². The van der Waals surface area contributed by atoms with Crippen molar-refractivity contribution >= 4 is 28.8 Å². The summed E-state index contributed by atoms with van der Waals surface area (Å²) in [5.41, 5.74) is 2.49. The summed E-state index contributed by atoms with van der Waals surface area (Å²) >= 11 is 0. The Balaban J connectivity index is 1.22. The first-order chi connectivity index (χ1) is 16.0. The van der Waals surface area contributed by atoms with E-state index in [2.05, 4.69) is 5.32 Å². The Morgan fingerprint density at radius 3 is 2.09 bits per heavy atom. The van der Waals surface area contributed by atoms with Gasteiger partial charge in [0.2, 0.25) is 5.91 Å². The van der Waals surface area contributed by atoms with Gasteiger partial charge in [-0.3, -0.25) is 19.3 Å². The fourth-order valence-corrected chi connectivity index (χ4v) is 4.44. The largest absolute Gasteiger partial charge is 0.367 e. The van der Waals surface area contributed by atoms with Crippen molar-refractivity contribution in [3.05, 3.63) is 94.8 Å². The van der Waals surface area contributed by atoms with Gasteiger partial charge >= 0.3 is 0 Å². The fourth-order valence-electron chi connectivity index (χ4n) is 4.44. The number of benzene rings is 3. The number of fused-ring (bicyclic) bond motifs is 2. The molecule has 0 atom stereocenters. The van der Waals surface area contributed by atoms with Crippen LogP contribution in [0.5, 0.6) is 0 Å². The van der Waals surface area contributed by atoms with E-state index in [-0.39, 0.29) is 29.8 Å². The van der Waals surface area contributed by atoms with Gasteiger partial charge in [0.15, 0.2) is 11.6 Å². The van der Waals surface area contributed by atoms with Crippen LogP contribution in [-0.4, -0.2) is 55.1 Å². The van der Waals surface area contributed by atoms with Gasteiger partial charge in [0.25, 0.3) is 0 Å². The normalized spacial score (nSPS) is 15.7. The zero-order chi connectivity index (χ0) is 22.9. The molecule has 1 aliphatic carbocycles. The van der Waals surface area contributed by atoms with Crippen LogP contribution in [0.25, 0.3) is 0 Å². The Kier molecular flexibility index (Phi) is 5.48.